The second kappa shape index (κ2) is 6.50. The molecule has 2 aromatic rings. The van der Waals surface area contributed by atoms with Crippen molar-refractivity contribution in [3.63, 3.8) is 0 Å². The molecule has 0 aliphatic rings. The second-order valence-corrected chi connectivity index (χ2v) is 4.90. The zero-order chi connectivity index (χ0) is 14.5. The van der Waals surface area contributed by atoms with Gasteiger partial charge in [0.2, 0.25) is 0 Å². The number of rotatable bonds is 3. The van der Waals surface area contributed by atoms with Gasteiger partial charge in [-0.1, -0.05) is 29.3 Å². The van der Waals surface area contributed by atoms with Crippen molar-refractivity contribution >= 4 is 35.3 Å². The van der Waals surface area contributed by atoms with Gasteiger partial charge in [0.1, 0.15) is 0 Å². The van der Waals surface area contributed by atoms with E-state index in [9.17, 15) is 4.79 Å². The van der Waals surface area contributed by atoms with Gasteiger partial charge in [-0.3, -0.25) is 9.78 Å². The third-order valence-corrected chi connectivity index (χ3v) is 3.07. The van der Waals surface area contributed by atoms with E-state index in [4.69, 9.17) is 23.2 Å². The minimum absolute atomic E-state index is 0.334. The Labute approximate surface area is 126 Å². The molecule has 1 N–H and O–H groups in total. The highest BCUT2D eigenvalue weighted by Gasteiger charge is 2.04. The first-order valence-corrected chi connectivity index (χ1v) is 6.53. The molecule has 1 aromatic carbocycles. The smallest absolute Gasteiger partial charge is 0.267 e. The summed E-state index contributed by atoms with van der Waals surface area (Å²) in [7, 11) is 0. The maximum atomic E-state index is 11.8. The molecule has 6 heteroatoms. The highest BCUT2D eigenvalue weighted by Crippen LogP contribution is 2.19. The molecule has 0 fully saturated rings. The lowest BCUT2D eigenvalue weighted by atomic mass is 10.2. The van der Waals surface area contributed by atoms with Crippen LogP contribution in [-0.4, -0.2) is 17.1 Å². The minimum Gasteiger partial charge on any atom is -0.267 e. The van der Waals surface area contributed by atoms with Gasteiger partial charge in [0.15, 0.2) is 0 Å². The molecule has 102 valence electrons. The quantitative estimate of drug-likeness (QED) is 0.697. The molecule has 0 bridgehead atoms. The Kier molecular flexibility index (Phi) is 4.71. The van der Waals surface area contributed by atoms with Crippen LogP contribution in [0.1, 0.15) is 21.6 Å². The molecular weight excluding hydrogens is 297 g/mol. The number of hydrogen-bond acceptors (Lipinski definition) is 3. The Morgan fingerprint density at radius 3 is 2.75 bits per heavy atom. The van der Waals surface area contributed by atoms with Gasteiger partial charge in [-0.15, -0.1) is 0 Å². The Morgan fingerprint density at radius 1 is 1.30 bits per heavy atom. The lowest BCUT2D eigenvalue weighted by Crippen LogP contribution is -2.17. The fourth-order valence-electron chi connectivity index (χ4n) is 1.43. The van der Waals surface area contributed by atoms with E-state index < -0.39 is 0 Å². The van der Waals surface area contributed by atoms with Crippen molar-refractivity contribution in [2.45, 2.75) is 6.92 Å². The average Bonchev–Trinajstić information content (AvgIpc) is 2.42. The van der Waals surface area contributed by atoms with Crippen LogP contribution in [0.15, 0.2) is 41.6 Å². The topological polar surface area (TPSA) is 54.4 Å². The normalized spacial score (nSPS) is 10.8. The standard InChI is InChI=1S/C14H11Cl2N3O/c1-9-2-3-11(7-17-9)14(20)19-18-8-10-4-5-12(15)6-13(10)16/h2-8H,1H3,(H,19,20). The molecule has 0 aliphatic heterocycles. The first kappa shape index (κ1) is 14.5. The Morgan fingerprint density at radius 2 is 2.10 bits per heavy atom. The number of aromatic nitrogens is 1. The van der Waals surface area contributed by atoms with Crippen LogP contribution in [0.2, 0.25) is 10.0 Å². The maximum absolute atomic E-state index is 11.8. The molecule has 20 heavy (non-hydrogen) atoms. The van der Waals surface area contributed by atoms with Gasteiger partial charge in [-0.25, -0.2) is 5.43 Å². The molecule has 0 unspecified atom stereocenters. The number of halogens is 2. The van der Waals surface area contributed by atoms with Gasteiger partial charge < -0.3 is 0 Å². The number of hydrazone groups is 1. The molecule has 0 spiro atoms. The van der Waals surface area contributed by atoms with Gasteiger partial charge in [0, 0.05) is 22.5 Å². The Hall–Kier alpha value is -1.91. The number of nitrogens with one attached hydrogen (secondary N) is 1. The highest BCUT2D eigenvalue weighted by atomic mass is 35.5. The van der Waals surface area contributed by atoms with Crippen molar-refractivity contribution < 1.29 is 4.79 Å². The summed E-state index contributed by atoms with van der Waals surface area (Å²) in [6, 6.07) is 8.46. The summed E-state index contributed by atoms with van der Waals surface area (Å²) < 4.78 is 0. The molecule has 0 aliphatic carbocycles. The summed E-state index contributed by atoms with van der Waals surface area (Å²) >= 11 is 11.8. The summed E-state index contributed by atoms with van der Waals surface area (Å²) in [6.45, 7) is 1.85. The maximum Gasteiger partial charge on any atom is 0.272 e. The predicted octanol–water partition coefficient (Wildman–Crippen LogP) is 3.46. The summed E-state index contributed by atoms with van der Waals surface area (Å²) in [4.78, 5) is 15.8. The van der Waals surface area contributed by atoms with Crippen molar-refractivity contribution in [1.29, 1.82) is 0 Å². The molecule has 1 amide bonds. The number of hydrogen-bond donors (Lipinski definition) is 1. The molecular formula is C14H11Cl2N3O. The summed E-state index contributed by atoms with van der Waals surface area (Å²) in [6.07, 6.45) is 2.95. The van der Waals surface area contributed by atoms with E-state index in [1.54, 1.807) is 30.3 Å². The third-order valence-electron chi connectivity index (χ3n) is 2.51. The number of pyridine rings is 1. The second-order valence-electron chi connectivity index (χ2n) is 4.05. The van der Waals surface area contributed by atoms with E-state index in [2.05, 4.69) is 15.5 Å². The largest absolute Gasteiger partial charge is 0.272 e. The van der Waals surface area contributed by atoms with Crippen LogP contribution < -0.4 is 5.43 Å². The van der Waals surface area contributed by atoms with E-state index >= 15 is 0 Å². The minimum atomic E-state index is -0.334. The van der Waals surface area contributed by atoms with Crippen LogP contribution in [-0.2, 0) is 0 Å². The summed E-state index contributed by atoms with van der Waals surface area (Å²) in [5, 5.41) is 4.86. The zero-order valence-corrected chi connectivity index (χ0v) is 12.1. The predicted molar refractivity (Wildman–Crippen MR) is 80.5 cm³/mol. The molecule has 0 saturated carbocycles. The molecule has 2 rings (SSSR count). The number of carbonyl (C=O) groups is 1. The van der Waals surface area contributed by atoms with Gasteiger partial charge in [0.25, 0.3) is 5.91 Å². The lowest BCUT2D eigenvalue weighted by molar-refractivity contribution is 0.0955. The average molecular weight is 308 g/mol. The third kappa shape index (κ3) is 3.79. The molecule has 1 heterocycles. The van der Waals surface area contributed by atoms with E-state index in [1.165, 1.54) is 12.4 Å². The fourth-order valence-corrected chi connectivity index (χ4v) is 1.89. The van der Waals surface area contributed by atoms with Crippen molar-refractivity contribution in [2.75, 3.05) is 0 Å². The first-order valence-electron chi connectivity index (χ1n) is 5.77. The van der Waals surface area contributed by atoms with Gasteiger partial charge in [-0.05, 0) is 31.2 Å². The number of amides is 1. The summed E-state index contributed by atoms with van der Waals surface area (Å²) in [5.74, 6) is -0.334. The molecule has 0 saturated heterocycles. The monoisotopic (exact) mass is 307 g/mol. The van der Waals surface area contributed by atoms with Gasteiger partial charge in [0.05, 0.1) is 16.8 Å². The van der Waals surface area contributed by atoms with E-state index in [0.717, 1.165) is 5.69 Å². The van der Waals surface area contributed by atoms with Crippen molar-refractivity contribution in [2.24, 2.45) is 5.10 Å². The number of aryl methyl sites for hydroxylation is 1. The Bertz CT molecular complexity index is 654. The zero-order valence-electron chi connectivity index (χ0n) is 10.6. The van der Waals surface area contributed by atoms with Crippen LogP contribution in [0.4, 0.5) is 0 Å². The van der Waals surface area contributed by atoms with E-state index in [0.29, 0.717) is 21.2 Å². The van der Waals surface area contributed by atoms with E-state index in [-0.39, 0.29) is 5.91 Å². The lowest BCUT2D eigenvalue weighted by Gasteiger charge is -2.01. The van der Waals surface area contributed by atoms with Crippen molar-refractivity contribution in [1.82, 2.24) is 10.4 Å². The van der Waals surface area contributed by atoms with Crippen LogP contribution in [0, 0.1) is 6.92 Å². The SMILES string of the molecule is Cc1ccc(C(=O)NN=Cc2ccc(Cl)cc2Cl)cn1. The first-order chi connectivity index (χ1) is 9.56. The van der Waals surface area contributed by atoms with Crippen LogP contribution in [0.5, 0.6) is 0 Å². The summed E-state index contributed by atoms with van der Waals surface area (Å²) in [5.41, 5.74) is 4.36. The van der Waals surface area contributed by atoms with E-state index in [1.807, 2.05) is 6.92 Å². The number of benzene rings is 1. The Balaban J connectivity index is 2.02. The molecule has 0 radical (unpaired) electrons. The van der Waals surface area contributed by atoms with Crippen molar-refractivity contribution in [3.05, 3.63) is 63.4 Å². The molecule has 1 aromatic heterocycles. The van der Waals surface area contributed by atoms with Crippen molar-refractivity contribution in [3.8, 4) is 0 Å². The number of carbonyl (C=O) groups excluding carboxylic acids is 1. The van der Waals surface area contributed by atoms with Crippen LogP contribution >= 0.6 is 23.2 Å². The van der Waals surface area contributed by atoms with Crippen LogP contribution in [0.25, 0.3) is 0 Å². The fraction of sp³-hybridized carbons (Fsp3) is 0.0714. The van der Waals surface area contributed by atoms with Gasteiger partial charge in [-0.2, -0.15) is 5.10 Å². The molecule has 0 atom stereocenters. The number of nitrogens with zero attached hydrogens (tertiary/aromatic N) is 2. The van der Waals surface area contributed by atoms with Gasteiger partial charge >= 0.3 is 0 Å². The highest BCUT2D eigenvalue weighted by molar-refractivity contribution is 6.36. The van der Waals surface area contributed by atoms with Crippen LogP contribution in [0.3, 0.4) is 0 Å². The molecule has 4 nitrogen and oxygen atoms in total.